The summed E-state index contributed by atoms with van der Waals surface area (Å²) in [4.78, 5) is 24.2. The van der Waals surface area contributed by atoms with Gasteiger partial charge in [0.05, 0.1) is 5.52 Å². The van der Waals surface area contributed by atoms with Gasteiger partial charge in [-0.15, -0.1) is 0 Å². The lowest BCUT2D eigenvalue weighted by Crippen LogP contribution is -2.16. The van der Waals surface area contributed by atoms with E-state index in [9.17, 15) is 9.59 Å². The van der Waals surface area contributed by atoms with E-state index in [0.29, 0.717) is 10.7 Å². The molecule has 0 saturated heterocycles. The number of para-hydroxylation sites is 1. The fourth-order valence-electron chi connectivity index (χ4n) is 2.43. The number of rotatable bonds is 4. The minimum atomic E-state index is -0.211. The molecule has 0 unspecified atom stereocenters. The van der Waals surface area contributed by atoms with Crippen molar-refractivity contribution in [3.05, 3.63) is 65.8 Å². The maximum atomic E-state index is 12.3. The van der Waals surface area contributed by atoms with Gasteiger partial charge < -0.3 is 5.32 Å². The van der Waals surface area contributed by atoms with E-state index in [1.54, 1.807) is 35.0 Å². The molecule has 0 atom stereocenters. The molecule has 5 heteroatoms. The van der Waals surface area contributed by atoms with Crippen molar-refractivity contribution in [2.75, 3.05) is 5.32 Å². The normalized spacial score (nSPS) is 10.7. The van der Waals surface area contributed by atoms with Gasteiger partial charge >= 0.3 is 0 Å². The first-order chi connectivity index (χ1) is 11.1. The predicted octanol–water partition coefficient (Wildman–Crippen LogP) is 4.35. The number of carbonyl (C=O) groups is 2. The van der Waals surface area contributed by atoms with Crippen molar-refractivity contribution in [1.82, 2.24) is 4.57 Å². The van der Waals surface area contributed by atoms with E-state index >= 15 is 0 Å². The number of nitrogens with zero attached hydrogens (tertiary/aromatic N) is 1. The van der Waals surface area contributed by atoms with E-state index in [0.717, 1.165) is 10.9 Å². The lowest BCUT2D eigenvalue weighted by molar-refractivity contribution is -0.116. The molecule has 0 bridgehead atoms. The molecule has 2 aromatic carbocycles. The summed E-state index contributed by atoms with van der Waals surface area (Å²) in [5.74, 6) is -0.315. The van der Waals surface area contributed by atoms with Crippen molar-refractivity contribution in [3.8, 4) is 0 Å². The first-order valence-corrected chi connectivity index (χ1v) is 7.66. The highest BCUT2D eigenvalue weighted by Gasteiger charge is 2.11. The Morgan fingerprint density at radius 2 is 1.83 bits per heavy atom. The van der Waals surface area contributed by atoms with Crippen LogP contribution in [0.2, 0.25) is 5.02 Å². The van der Waals surface area contributed by atoms with Crippen LogP contribution in [0.1, 0.15) is 17.6 Å². The van der Waals surface area contributed by atoms with Crippen LogP contribution in [-0.4, -0.2) is 16.4 Å². The quantitative estimate of drug-likeness (QED) is 0.774. The molecule has 3 aromatic rings. The minimum Gasteiger partial charge on any atom is -0.326 e. The van der Waals surface area contributed by atoms with Crippen LogP contribution in [0.15, 0.2) is 60.8 Å². The third-order valence-corrected chi connectivity index (χ3v) is 3.78. The predicted molar refractivity (Wildman–Crippen MR) is 91.9 cm³/mol. The van der Waals surface area contributed by atoms with E-state index in [2.05, 4.69) is 5.32 Å². The van der Waals surface area contributed by atoms with Crippen LogP contribution >= 0.6 is 11.6 Å². The zero-order chi connectivity index (χ0) is 16.2. The monoisotopic (exact) mass is 326 g/mol. The Balaban J connectivity index is 1.61. The van der Waals surface area contributed by atoms with Crippen LogP contribution in [-0.2, 0) is 4.79 Å². The van der Waals surface area contributed by atoms with Crippen molar-refractivity contribution < 1.29 is 9.59 Å². The summed E-state index contributed by atoms with van der Waals surface area (Å²) in [5, 5.41) is 4.29. The van der Waals surface area contributed by atoms with E-state index in [-0.39, 0.29) is 24.7 Å². The van der Waals surface area contributed by atoms with Gasteiger partial charge in [0.25, 0.3) is 0 Å². The summed E-state index contributed by atoms with van der Waals surface area (Å²) in [6, 6.07) is 16.5. The maximum absolute atomic E-state index is 12.3. The topological polar surface area (TPSA) is 51.1 Å². The molecule has 1 N–H and O–H groups in total. The molecule has 0 aliphatic carbocycles. The second-order valence-corrected chi connectivity index (χ2v) is 5.63. The maximum Gasteiger partial charge on any atom is 0.231 e. The zero-order valence-electron chi connectivity index (χ0n) is 12.3. The summed E-state index contributed by atoms with van der Waals surface area (Å²) in [6.45, 7) is 0. The summed E-state index contributed by atoms with van der Waals surface area (Å²) in [7, 11) is 0. The van der Waals surface area contributed by atoms with Gasteiger partial charge in [-0.1, -0.05) is 35.9 Å². The molecule has 0 radical (unpaired) electrons. The first-order valence-electron chi connectivity index (χ1n) is 7.28. The largest absolute Gasteiger partial charge is 0.326 e. The number of hydrogen-bond donors (Lipinski definition) is 1. The summed E-state index contributed by atoms with van der Waals surface area (Å²) in [5.41, 5.74) is 1.48. The molecule has 0 spiro atoms. The fourth-order valence-corrected chi connectivity index (χ4v) is 2.62. The highest BCUT2D eigenvalue weighted by molar-refractivity contribution is 6.30. The molecule has 116 valence electrons. The van der Waals surface area contributed by atoms with Gasteiger partial charge in [-0.3, -0.25) is 14.2 Å². The van der Waals surface area contributed by atoms with E-state index in [1.807, 2.05) is 30.3 Å². The Labute approximate surface area is 138 Å². The van der Waals surface area contributed by atoms with E-state index in [1.165, 1.54) is 0 Å². The number of hydrogen-bond acceptors (Lipinski definition) is 2. The van der Waals surface area contributed by atoms with Gasteiger partial charge in [-0.05, 0) is 30.3 Å². The van der Waals surface area contributed by atoms with Crippen molar-refractivity contribution in [2.24, 2.45) is 0 Å². The van der Waals surface area contributed by atoms with Crippen LogP contribution in [0, 0.1) is 0 Å². The average molecular weight is 327 g/mol. The van der Waals surface area contributed by atoms with Gasteiger partial charge in [0, 0.05) is 35.1 Å². The molecule has 23 heavy (non-hydrogen) atoms. The molecule has 1 aromatic heterocycles. The summed E-state index contributed by atoms with van der Waals surface area (Å²) in [6.07, 6.45) is 2.00. The number of nitrogens with one attached hydrogen (secondary N) is 1. The van der Waals surface area contributed by atoms with Crippen molar-refractivity contribution >= 4 is 40.0 Å². The Morgan fingerprint density at radius 3 is 2.65 bits per heavy atom. The number of anilines is 1. The fraction of sp³-hybridized carbons (Fsp3) is 0.111. The zero-order valence-corrected chi connectivity index (χ0v) is 13.1. The molecular weight excluding hydrogens is 312 g/mol. The lowest BCUT2D eigenvalue weighted by Gasteiger charge is -2.06. The van der Waals surface area contributed by atoms with Crippen LogP contribution in [0.3, 0.4) is 0 Å². The van der Waals surface area contributed by atoms with Crippen molar-refractivity contribution in [2.45, 2.75) is 12.8 Å². The lowest BCUT2D eigenvalue weighted by atomic mass is 10.2. The number of carbonyl (C=O) groups excluding carboxylic acids is 2. The Morgan fingerprint density at radius 1 is 1.00 bits per heavy atom. The van der Waals surface area contributed by atoms with Gasteiger partial charge in [-0.2, -0.15) is 0 Å². The number of fused-ring (bicyclic) bond motifs is 1. The van der Waals surface area contributed by atoms with Crippen LogP contribution < -0.4 is 5.32 Å². The Kier molecular flexibility index (Phi) is 4.44. The number of aromatic nitrogens is 1. The number of benzene rings is 2. The second-order valence-electron chi connectivity index (χ2n) is 5.20. The second kappa shape index (κ2) is 6.67. The van der Waals surface area contributed by atoms with Gasteiger partial charge in [-0.25, -0.2) is 0 Å². The van der Waals surface area contributed by atoms with Crippen molar-refractivity contribution in [3.63, 3.8) is 0 Å². The van der Waals surface area contributed by atoms with E-state index < -0.39 is 0 Å². The highest BCUT2D eigenvalue weighted by Crippen LogP contribution is 2.17. The summed E-state index contributed by atoms with van der Waals surface area (Å²) >= 11 is 5.87. The molecular formula is C18H15ClN2O2. The Hall–Kier alpha value is -2.59. The molecule has 4 nitrogen and oxygen atoms in total. The molecule has 0 saturated carbocycles. The summed E-state index contributed by atoms with van der Waals surface area (Å²) < 4.78 is 1.59. The van der Waals surface area contributed by atoms with Crippen LogP contribution in [0.4, 0.5) is 5.69 Å². The highest BCUT2D eigenvalue weighted by atomic mass is 35.5. The van der Waals surface area contributed by atoms with Crippen LogP contribution in [0.5, 0.6) is 0 Å². The molecule has 0 fully saturated rings. The first kappa shape index (κ1) is 15.3. The number of halogens is 1. The average Bonchev–Trinajstić information content (AvgIpc) is 2.97. The molecule has 1 heterocycles. The third kappa shape index (κ3) is 3.60. The standard InChI is InChI=1S/C18H15ClN2O2/c19-14-5-3-6-15(12-14)20-17(22)8-9-18(23)21-11-10-13-4-1-2-7-16(13)21/h1-7,10-12H,8-9H2,(H,20,22). The molecule has 0 aliphatic heterocycles. The molecule has 0 aliphatic rings. The van der Waals surface area contributed by atoms with Gasteiger partial charge in [0.15, 0.2) is 0 Å². The van der Waals surface area contributed by atoms with Gasteiger partial charge in [0.1, 0.15) is 0 Å². The Bertz CT molecular complexity index is 870. The van der Waals surface area contributed by atoms with E-state index in [4.69, 9.17) is 11.6 Å². The van der Waals surface area contributed by atoms with Crippen molar-refractivity contribution in [1.29, 1.82) is 0 Å². The molecule has 1 amide bonds. The third-order valence-electron chi connectivity index (χ3n) is 3.54. The van der Waals surface area contributed by atoms with Gasteiger partial charge in [0.2, 0.25) is 11.8 Å². The minimum absolute atomic E-state index is 0.104. The molecule has 3 rings (SSSR count). The smallest absolute Gasteiger partial charge is 0.231 e. The van der Waals surface area contributed by atoms with Crippen LogP contribution in [0.25, 0.3) is 10.9 Å². The SMILES string of the molecule is O=C(CCC(=O)n1ccc2ccccc21)Nc1cccc(Cl)c1. The number of amides is 1.